The van der Waals surface area contributed by atoms with Gasteiger partial charge < -0.3 is 20.9 Å². The summed E-state index contributed by atoms with van der Waals surface area (Å²) in [6, 6.07) is 8.78. The van der Waals surface area contributed by atoms with Crippen molar-refractivity contribution in [3.8, 4) is 17.3 Å². The molecule has 2 fully saturated rings. The van der Waals surface area contributed by atoms with E-state index in [1.165, 1.54) is 0 Å². The van der Waals surface area contributed by atoms with Crippen molar-refractivity contribution in [2.45, 2.75) is 44.7 Å². The van der Waals surface area contributed by atoms with E-state index in [0.29, 0.717) is 24.8 Å². The number of aromatic nitrogens is 1. The molecular formula is C24H30N6O2S. The second-order valence-corrected chi connectivity index (χ2v) is 10.0. The highest BCUT2D eigenvalue weighted by Crippen LogP contribution is 2.34. The molecule has 8 nitrogen and oxygen atoms in total. The van der Waals surface area contributed by atoms with E-state index in [1.807, 2.05) is 31.4 Å². The van der Waals surface area contributed by atoms with Crippen LogP contribution in [0.2, 0.25) is 0 Å². The van der Waals surface area contributed by atoms with Crippen LogP contribution in [0.15, 0.2) is 29.6 Å². The lowest BCUT2D eigenvalue weighted by atomic mass is 10.0. The maximum absolute atomic E-state index is 12.9. The molecular weight excluding hydrogens is 436 g/mol. The Labute approximate surface area is 198 Å². The highest BCUT2D eigenvalue weighted by molar-refractivity contribution is 7.14. The fourth-order valence-electron chi connectivity index (χ4n) is 3.85. The zero-order chi connectivity index (χ0) is 23.4. The summed E-state index contributed by atoms with van der Waals surface area (Å²) < 4.78 is 0. The van der Waals surface area contributed by atoms with Crippen LogP contribution in [-0.4, -0.2) is 54.6 Å². The Morgan fingerprint density at radius 2 is 1.94 bits per heavy atom. The number of carbonyl (C=O) groups is 2. The van der Waals surface area contributed by atoms with Crippen molar-refractivity contribution in [1.29, 1.82) is 5.26 Å². The topological polar surface area (TPSA) is 110 Å². The Balaban J connectivity index is 1.41. The van der Waals surface area contributed by atoms with Gasteiger partial charge in [-0.3, -0.25) is 9.59 Å². The molecule has 0 radical (unpaired) electrons. The van der Waals surface area contributed by atoms with Crippen molar-refractivity contribution in [2.75, 3.05) is 31.1 Å². The molecule has 2 aliphatic rings. The number of piperazine rings is 1. The predicted molar refractivity (Wildman–Crippen MR) is 129 cm³/mol. The highest BCUT2D eigenvalue weighted by Gasteiger charge is 2.45. The van der Waals surface area contributed by atoms with Gasteiger partial charge in [0.15, 0.2) is 5.13 Å². The lowest BCUT2D eigenvalue weighted by Gasteiger charge is -2.26. The number of thiazole rings is 1. The number of nitrogens with zero attached hydrogens (tertiary/aromatic N) is 3. The minimum atomic E-state index is -0.754. The van der Waals surface area contributed by atoms with Crippen LogP contribution in [0.5, 0.6) is 0 Å². The Kier molecular flexibility index (Phi) is 6.96. The molecule has 1 atom stereocenters. The SMILES string of the molecule is CC(C)C[C@H](NC(=O)c1ccc(-c2csc(N3CCNCC3)n2)cc1)C(=O)NC1(C#N)CC1. The number of rotatable bonds is 8. The molecule has 174 valence electrons. The van der Waals surface area contributed by atoms with Crippen LogP contribution in [0, 0.1) is 17.2 Å². The number of anilines is 1. The van der Waals surface area contributed by atoms with E-state index in [0.717, 1.165) is 42.6 Å². The number of carbonyl (C=O) groups excluding carboxylic acids is 2. The summed E-state index contributed by atoms with van der Waals surface area (Å²) in [4.78, 5) is 32.7. The Hall–Kier alpha value is -2.96. The van der Waals surface area contributed by atoms with Gasteiger partial charge in [0.2, 0.25) is 5.91 Å². The first-order valence-electron chi connectivity index (χ1n) is 11.4. The molecule has 1 aliphatic heterocycles. The minimum Gasteiger partial charge on any atom is -0.346 e. The number of hydrogen-bond acceptors (Lipinski definition) is 7. The molecule has 0 unspecified atom stereocenters. The second kappa shape index (κ2) is 9.89. The zero-order valence-electron chi connectivity index (χ0n) is 19.1. The zero-order valence-corrected chi connectivity index (χ0v) is 19.9. The maximum Gasteiger partial charge on any atom is 0.251 e. The smallest absolute Gasteiger partial charge is 0.251 e. The van der Waals surface area contributed by atoms with Gasteiger partial charge in [0.05, 0.1) is 11.8 Å². The van der Waals surface area contributed by atoms with Crippen molar-refractivity contribution in [1.82, 2.24) is 20.9 Å². The molecule has 0 spiro atoms. The van der Waals surface area contributed by atoms with Crippen LogP contribution in [0.4, 0.5) is 5.13 Å². The summed E-state index contributed by atoms with van der Waals surface area (Å²) in [5, 5.41) is 21.3. The molecule has 2 heterocycles. The molecule has 1 saturated heterocycles. The van der Waals surface area contributed by atoms with Crippen LogP contribution in [0.1, 0.15) is 43.5 Å². The van der Waals surface area contributed by atoms with Gasteiger partial charge in [-0.15, -0.1) is 11.3 Å². The number of nitriles is 1. The van der Waals surface area contributed by atoms with Crippen LogP contribution in [0.25, 0.3) is 11.3 Å². The summed E-state index contributed by atoms with van der Waals surface area (Å²) in [6.07, 6.45) is 1.82. The summed E-state index contributed by atoms with van der Waals surface area (Å²) in [5.41, 5.74) is 1.57. The summed E-state index contributed by atoms with van der Waals surface area (Å²) in [7, 11) is 0. The van der Waals surface area contributed by atoms with E-state index in [-0.39, 0.29) is 17.7 Å². The van der Waals surface area contributed by atoms with Gasteiger partial charge in [-0.1, -0.05) is 26.0 Å². The van der Waals surface area contributed by atoms with E-state index >= 15 is 0 Å². The Morgan fingerprint density at radius 1 is 1.24 bits per heavy atom. The third-order valence-corrected chi connectivity index (χ3v) is 6.88. The normalized spacial score (nSPS) is 17.8. The van der Waals surface area contributed by atoms with E-state index in [9.17, 15) is 14.9 Å². The monoisotopic (exact) mass is 466 g/mol. The quantitative estimate of drug-likeness (QED) is 0.552. The van der Waals surface area contributed by atoms with Crippen LogP contribution < -0.4 is 20.9 Å². The summed E-state index contributed by atoms with van der Waals surface area (Å²) in [6.45, 7) is 7.83. The number of nitrogens with one attached hydrogen (secondary N) is 3. The molecule has 4 rings (SSSR count). The highest BCUT2D eigenvalue weighted by atomic mass is 32.1. The van der Waals surface area contributed by atoms with Crippen molar-refractivity contribution >= 4 is 28.3 Å². The molecule has 3 N–H and O–H groups in total. The Bertz CT molecular complexity index is 1030. The van der Waals surface area contributed by atoms with Crippen molar-refractivity contribution in [3.05, 3.63) is 35.2 Å². The first-order chi connectivity index (χ1) is 15.9. The summed E-state index contributed by atoms with van der Waals surface area (Å²) in [5.74, 6) is -0.380. The van der Waals surface area contributed by atoms with Gasteiger partial charge in [-0.05, 0) is 37.3 Å². The third-order valence-electron chi connectivity index (χ3n) is 5.98. The first-order valence-corrected chi connectivity index (χ1v) is 12.3. The van der Waals surface area contributed by atoms with E-state index in [2.05, 4.69) is 26.9 Å². The molecule has 2 aromatic rings. The van der Waals surface area contributed by atoms with E-state index in [1.54, 1.807) is 23.5 Å². The molecule has 33 heavy (non-hydrogen) atoms. The number of benzene rings is 1. The van der Waals surface area contributed by atoms with Crippen LogP contribution in [-0.2, 0) is 4.79 Å². The van der Waals surface area contributed by atoms with Crippen molar-refractivity contribution in [3.63, 3.8) is 0 Å². The molecule has 2 amide bonds. The second-order valence-electron chi connectivity index (χ2n) is 9.17. The average Bonchev–Trinajstić information content (AvgIpc) is 3.42. The maximum atomic E-state index is 12.9. The van der Waals surface area contributed by atoms with E-state index < -0.39 is 11.6 Å². The number of hydrogen-bond donors (Lipinski definition) is 3. The molecule has 1 saturated carbocycles. The van der Waals surface area contributed by atoms with Gasteiger partial charge in [-0.25, -0.2) is 4.98 Å². The first kappa shape index (κ1) is 23.2. The van der Waals surface area contributed by atoms with Crippen molar-refractivity contribution < 1.29 is 9.59 Å². The fourth-order valence-corrected chi connectivity index (χ4v) is 4.74. The van der Waals surface area contributed by atoms with Crippen LogP contribution in [0.3, 0.4) is 0 Å². The predicted octanol–water partition coefficient (Wildman–Crippen LogP) is 2.54. The van der Waals surface area contributed by atoms with Crippen molar-refractivity contribution in [2.24, 2.45) is 5.92 Å². The molecule has 1 aromatic heterocycles. The van der Waals surface area contributed by atoms with Gasteiger partial charge in [0.25, 0.3) is 5.91 Å². The minimum absolute atomic E-state index is 0.218. The lowest BCUT2D eigenvalue weighted by Crippen LogP contribution is -2.50. The lowest BCUT2D eigenvalue weighted by molar-refractivity contribution is -0.123. The van der Waals surface area contributed by atoms with Gasteiger partial charge in [0, 0.05) is 42.7 Å². The van der Waals surface area contributed by atoms with Gasteiger partial charge >= 0.3 is 0 Å². The Morgan fingerprint density at radius 3 is 2.55 bits per heavy atom. The standard InChI is InChI=1S/C24H30N6O2S/c1-16(2)13-19(22(32)29-24(15-25)7-8-24)27-21(31)18-5-3-17(4-6-18)20-14-33-23(28-20)30-11-9-26-10-12-30/h3-6,14,16,19,26H,7-13H2,1-2H3,(H,27,31)(H,29,32)/t19-/m0/s1. The molecule has 0 bridgehead atoms. The molecule has 1 aliphatic carbocycles. The van der Waals surface area contributed by atoms with E-state index in [4.69, 9.17) is 4.98 Å². The third kappa shape index (κ3) is 5.70. The average molecular weight is 467 g/mol. The molecule has 9 heteroatoms. The fraction of sp³-hybridized carbons (Fsp3) is 0.500. The summed E-state index contributed by atoms with van der Waals surface area (Å²) >= 11 is 1.63. The van der Waals surface area contributed by atoms with Gasteiger partial charge in [0.1, 0.15) is 11.6 Å². The molecule has 1 aromatic carbocycles. The number of amides is 2. The van der Waals surface area contributed by atoms with Gasteiger partial charge in [-0.2, -0.15) is 5.26 Å². The van der Waals surface area contributed by atoms with Crippen LogP contribution >= 0.6 is 11.3 Å². The largest absolute Gasteiger partial charge is 0.346 e.